The zero-order valence-electron chi connectivity index (χ0n) is 14.8. The molecule has 2 aromatic heterocycles. The molecule has 0 spiro atoms. The summed E-state index contributed by atoms with van der Waals surface area (Å²) in [6.45, 7) is 8.50. The van der Waals surface area contributed by atoms with Crippen molar-refractivity contribution in [2.75, 3.05) is 37.6 Å². The van der Waals surface area contributed by atoms with Crippen LogP contribution in [0, 0.1) is 0 Å². The van der Waals surface area contributed by atoms with Gasteiger partial charge in [0.1, 0.15) is 0 Å². The molecule has 1 saturated heterocycles. The van der Waals surface area contributed by atoms with Crippen molar-refractivity contribution in [2.45, 2.75) is 19.9 Å². The molecule has 130 valence electrons. The number of anilines is 1. The second kappa shape index (κ2) is 7.23. The summed E-state index contributed by atoms with van der Waals surface area (Å²) < 4.78 is 2.00. The van der Waals surface area contributed by atoms with Crippen molar-refractivity contribution in [1.29, 1.82) is 0 Å². The Labute approximate surface area is 148 Å². The SMILES string of the molecule is CCn1cc(CCN2CCN(c3cncc4ccccc34)CC2)cn1. The molecule has 5 heteroatoms. The lowest BCUT2D eigenvalue weighted by Crippen LogP contribution is -2.47. The Hall–Kier alpha value is -2.40. The molecular weight excluding hydrogens is 310 g/mol. The summed E-state index contributed by atoms with van der Waals surface area (Å²) in [5.74, 6) is 0. The average Bonchev–Trinajstić information content (AvgIpc) is 3.14. The first-order chi connectivity index (χ1) is 12.3. The summed E-state index contributed by atoms with van der Waals surface area (Å²) in [6, 6.07) is 8.52. The van der Waals surface area contributed by atoms with Crippen molar-refractivity contribution >= 4 is 16.5 Å². The molecule has 1 aromatic carbocycles. The number of piperazine rings is 1. The molecule has 3 heterocycles. The van der Waals surface area contributed by atoms with Crippen LogP contribution in [0.3, 0.4) is 0 Å². The standard InChI is InChI=1S/C20H25N5/c1-2-25-16-17(13-22-25)7-8-23-9-11-24(12-10-23)20-15-21-14-18-5-3-4-6-19(18)20/h3-6,13-16H,2,7-12H2,1H3. The highest BCUT2D eigenvalue weighted by Crippen LogP contribution is 2.26. The molecule has 0 bridgehead atoms. The van der Waals surface area contributed by atoms with E-state index in [1.165, 1.54) is 22.0 Å². The summed E-state index contributed by atoms with van der Waals surface area (Å²) >= 11 is 0. The Kier molecular flexibility index (Phi) is 4.65. The summed E-state index contributed by atoms with van der Waals surface area (Å²) in [4.78, 5) is 9.46. The minimum absolute atomic E-state index is 0.942. The average molecular weight is 335 g/mol. The number of pyridine rings is 1. The van der Waals surface area contributed by atoms with E-state index in [1.54, 1.807) is 0 Å². The fourth-order valence-corrected chi connectivity index (χ4v) is 3.56. The van der Waals surface area contributed by atoms with Gasteiger partial charge < -0.3 is 4.90 Å². The van der Waals surface area contributed by atoms with Gasteiger partial charge in [-0.1, -0.05) is 24.3 Å². The highest BCUT2D eigenvalue weighted by atomic mass is 15.3. The number of rotatable bonds is 5. The summed E-state index contributed by atoms with van der Waals surface area (Å²) in [5, 5.41) is 6.88. The lowest BCUT2D eigenvalue weighted by molar-refractivity contribution is 0.261. The second-order valence-electron chi connectivity index (χ2n) is 6.66. The topological polar surface area (TPSA) is 37.2 Å². The molecule has 25 heavy (non-hydrogen) atoms. The second-order valence-corrected chi connectivity index (χ2v) is 6.66. The number of hydrogen-bond donors (Lipinski definition) is 0. The number of aryl methyl sites for hydroxylation is 1. The maximum atomic E-state index is 4.43. The van der Waals surface area contributed by atoms with Crippen LogP contribution < -0.4 is 4.90 Å². The predicted molar refractivity (Wildman–Crippen MR) is 102 cm³/mol. The number of benzene rings is 1. The van der Waals surface area contributed by atoms with Crippen LogP contribution in [0.1, 0.15) is 12.5 Å². The van der Waals surface area contributed by atoms with Crippen molar-refractivity contribution in [3.8, 4) is 0 Å². The first-order valence-electron chi connectivity index (χ1n) is 9.15. The van der Waals surface area contributed by atoms with E-state index >= 15 is 0 Å². The van der Waals surface area contributed by atoms with Gasteiger partial charge in [-0.2, -0.15) is 5.10 Å². The van der Waals surface area contributed by atoms with Gasteiger partial charge in [0.2, 0.25) is 0 Å². The molecule has 1 fully saturated rings. The van der Waals surface area contributed by atoms with Crippen LogP contribution in [0.4, 0.5) is 5.69 Å². The molecule has 0 unspecified atom stereocenters. The fourth-order valence-electron chi connectivity index (χ4n) is 3.56. The molecule has 4 rings (SSSR count). The molecule has 0 N–H and O–H groups in total. The highest BCUT2D eigenvalue weighted by Gasteiger charge is 2.18. The Morgan fingerprint density at radius 2 is 1.84 bits per heavy atom. The largest absolute Gasteiger partial charge is 0.367 e. The van der Waals surface area contributed by atoms with Gasteiger partial charge in [-0.05, 0) is 18.9 Å². The fraction of sp³-hybridized carbons (Fsp3) is 0.400. The van der Waals surface area contributed by atoms with Crippen LogP contribution in [0.5, 0.6) is 0 Å². The van der Waals surface area contributed by atoms with Crippen LogP contribution in [-0.2, 0) is 13.0 Å². The highest BCUT2D eigenvalue weighted by molar-refractivity contribution is 5.93. The smallest absolute Gasteiger partial charge is 0.0633 e. The quantitative estimate of drug-likeness (QED) is 0.718. The van der Waals surface area contributed by atoms with Gasteiger partial charge in [0, 0.05) is 62.4 Å². The molecule has 0 saturated carbocycles. The normalized spacial score (nSPS) is 15.8. The van der Waals surface area contributed by atoms with E-state index in [0.29, 0.717) is 0 Å². The first kappa shape index (κ1) is 16.1. The van der Waals surface area contributed by atoms with Gasteiger partial charge in [-0.3, -0.25) is 14.6 Å². The van der Waals surface area contributed by atoms with Crippen LogP contribution in [0.15, 0.2) is 49.1 Å². The van der Waals surface area contributed by atoms with E-state index < -0.39 is 0 Å². The van der Waals surface area contributed by atoms with E-state index in [0.717, 1.165) is 45.7 Å². The van der Waals surface area contributed by atoms with E-state index in [-0.39, 0.29) is 0 Å². The van der Waals surface area contributed by atoms with Crippen LogP contribution in [0.25, 0.3) is 10.8 Å². The van der Waals surface area contributed by atoms with Crippen molar-refractivity contribution in [3.63, 3.8) is 0 Å². The van der Waals surface area contributed by atoms with Crippen molar-refractivity contribution in [3.05, 3.63) is 54.6 Å². The van der Waals surface area contributed by atoms with E-state index in [9.17, 15) is 0 Å². The summed E-state index contributed by atoms with van der Waals surface area (Å²) in [7, 11) is 0. The number of hydrogen-bond acceptors (Lipinski definition) is 4. The lowest BCUT2D eigenvalue weighted by atomic mass is 10.1. The monoisotopic (exact) mass is 335 g/mol. The third-order valence-corrected chi connectivity index (χ3v) is 5.09. The van der Waals surface area contributed by atoms with E-state index in [4.69, 9.17) is 0 Å². The third-order valence-electron chi connectivity index (χ3n) is 5.09. The van der Waals surface area contributed by atoms with E-state index in [2.05, 4.69) is 57.3 Å². The number of aromatic nitrogens is 3. The predicted octanol–water partition coefficient (Wildman–Crippen LogP) is 2.82. The van der Waals surface area contributed by atoms with Crippen molar-refractivity contribution < 1.29 is 0 Å². The number of fused-ring (bicyclic) bond motifs is 1. The molecule has 0 amide bonds. The molecule has 1 aliphatic rings. The number of nitrogens with zero attached hydrogens (tertiary/aromatic N) is 5. The van der Waals surface area contributed by atoms with Gasteiger partial charge in [0.25, 0.3) is 0 Å². The Balaban J connectivity index is 1.36. The zero-order chi connectivity index (χ0) is 17.1. The Bertz CT molecular complexity index is 827. The molecule has 1 aliphatic heterocycles. The minimum Gasteiger partial charge on any atom is -0.367 e. The van der Waals surface area contributed by atoms with Gasteiger partial charge in [-0.15, -0.1) is 0 Å². The van der Waals surface area contributed by atoms with Crippen LogP contribution in [-0.4, -0.2) is 52.4 Å². The lowest BCUT2D eigenvalue weighted by Gasteiger charge is -2.36. The molecule has 3 aromatic rings. The van der Waals surface area contributed by atoms with Gasteiger partial charge in [0.15, 0.2) is 0 Å². The third kappa shape index (κ3) is 3.51. The van der Waals surface area contributed by atoms with Gasteiger partial charge in [0.05, 0.1) is 18.1 Å². The molecule has 5 nitrogen and oxygen atoms in total. The van der Waals surface area contributed by atoms with Gasteiger partial charge in [-0.25, -0.2) is 0 Å². The first-order valence-corrected chi connectivity index (χ1v) is 9.15. The Morgan fingerprint density at radius 1 is 1.00 bits per heavy atom. The molecule has 0 atom stereocenters. The molecular formula is C20H25N5. The maximum Gasteiger partial charge on any atom is 0.0633 e. The molecule has 0 radical (unpaired) electrons. The maximum absolute atomic E-state index is 4.43. The summed E-state index contributed by atoms with van der Waals surface area (Å²) in [6.07, 6.45) is 9.21. The Morgan fingerprint density at radius 3 is 2.64 bits per heavy atom. The zero-order valence-corrected chi connectivity index (χ0v) is 14.8. The van der Waals surface area contributed by atoms with Crippen LogP contribution in [0.2, 0.25) is 0 Å². The van der Waals surface area contributed by atoms with Crippen molar-refractivity contribution in [2.24, 2.45) is 0 Å². The van der Waals surface area contributed by atoms with E-state index in [1.807, 2.05) is 23.3 Å². The minimum atomic E-state index is 0.942. The van der Waals surface area contributed by atoms with Crippen LogP contribution >= 0.6 is 0 Å². The molecule has 0 aliphatic carbocycles. The van der Waals surface area contributed by atoms with Gasteiger partial charge >= 0.3 is 0 Å². The van der Waals surface area contributed by atoms with Crippen molar-refractivity contribution in [1.82, 2.24) is 19.7 Å². The summed E-state index contributed by atoms with van der Waals surface area (Å²) in [5.41, 5.74) is 2.60.